The molecule has 1 nitrogen and oxygen atoms in total. The first kappa shape index (κ1) is 14.0. The zero-order chi connectivity index (χ0) is 15.2. The predicted molar refractivity (Wildman–Crippen MR) is 90.9 cm³/mol. The summed E-state index contributed by atoms with van der Waals surface area (Å²) in [6.45, 7) is 2.22. The van der Waals surface area contributed by atoms with Gasteiger partial charge in [-0.15, -0.1) is 0 Å². The van der Waals surface area contributed by atoms with Gasteiger partial charge in [0.2, 0.25) is 5.69 Å². The van der Waals surface area contributed by atoms with Crippen molar-refractivity contribution in [1.82, 2.24) is 0 Å². The van der Waals surface area contributed by atoms with Gasteiger partial charge in [-0.25, -0.2) is 4.57 Å². The first-order valence-corrected chi connectivity index (χ1v) is 8.79. The van der Waals surface area contributed by atoms with Crippen LogP contribution in [-0.4, -0.2) is 0 Å². The Kier molecular flexibility index (Phi) is 3.32. The number of pyridine rings is 1. The van der Waals surface area contributed by atoms with Crippen LogP contribution in [0.3, 0.4) is 0 Å². The molecule has 2 aromatic rings. The minimum absolute atomic E-state index is 0.499. The van der Waals surface area contributed by atoms with Crippen molar-refractivity contribution >= 4 is 0 Å². The van der Waals surface area contributed by atoms with Gasteiger partial charge in [-0.05, 0) is 55.2 Å². The second-order valence-corrected chi connectivity index (χ2v) is 7.36. The highest BCUT2D eigenvalue weighted by Gasteiger charge is 2.41. The minimum atomic E-state index is 0.499. The normalized spacial score (nSPS) is 19.4. The maximum absolute atomic E-state index is 2.52. The average molecular weight is 292 g/mol. The lowest BCUT2D eigenvalue weighted by atomic mass is 9.70. The molecule has 1 aromatic heterocycles. The van der Waals surface area contributed by atoms with Crippen LogP contribution in [0.25, 0.3) is 11.3 Å². The number of aromatic nitrogens is 1. The Morgan fingerprint density at radius 3 is 2.55 bits per heavy atom. The first-order chi connectivity index (χ1) is 10.7. The van der Waals surface area contributed by atoms with E-state index in [0.29, 0.717) is 5.41 Å². The van der Waals surface area contributed by atoms with Gasteiger partial charge in [0.25, 0.3) is 0 Å². The molecule has 1 heterocycles. The zero-order valence-corrected chi connectivity index (χ0v) is 13.9. The van der Waals surface area contributed by atoms with Crippen LogP contribution in [0.1, 0.15) is 55.2 Å². The second kappa shape index (κ2) is 5.22. The van der Waals surface area contributed by atoms with Crippen LogP contribution in [0, 0.1) is 6.92 Å². The van der Waals surface area contributed by atoms with E-state index in [1.165, 1.54) is 61.8 Å². The van der Waals surface area contributed by atoms with Crippen molar-refractivity contribution in [2.75, 3.05) is 0 Å². The van der Waals surface area contributed by atoms with Crippen LogP contribution < -0.4 is 4.57 Å². The highest BCUT2D eigenvalue weighted by Crippen LogP contribution is 2.49. The molecule has 0 radical (unpaired) electrons. The van der Waals surface area contributed by atoms with E-state index in [-0.39, 0.29) is 0 Å². The zero-order valence-electron chi connectivity index (χ0n) is 13.9. The molecule has 2 aliphatic rings. The lowest BCUT2D eigenvalue weighted by Crippen LogP contribution is -2.33. The van der Waals surface area contributed by atoms with E-state index in [2.05, 4.69) is 55.1 Å². The Bertz CT molecular complexity index is 708. The van der Waals surface area contributed by atoms with Crippen molar-refractivity contribution in [3.63, 3.8) is 0 Å². The van der Waals surface area contributed by atoms with Gasteiger partial charge in [0, 0.05) is 17.2 Å². The lowest BCUT2D eigenvalue weighted by molar-refractivity contribution is -0.660. The van der Waals surface area contributed by atoms with E-state index >= 15 is 0 Å². The molecule has 114 valence electrons. The maximum Gasteiger partial charge on any atom is 0.212 e. The molecule has 1 saturated carbocycles. The van der Waals surface area contributed by atoms with Crippen molar-refractivity contribution in [3.05, 3.63) is 53.2 Å². The first-order valence-electron chi connectivity index (χ1n) is 8.79. The van der Waals surface area contributed by atoms with Gasteiger partial charge in [0.1, 0.15) is 7.05 Å². The molecule has 0 aliphatic heterocycles. The quantitative estimate of drug-likeness (QED) is 0.674. The van der Waals surface area contributed by atoms with Gasteiger partial charge in [0.05, 0.1) is 0 Å². The molecule has 1 spiro atoms. The molecule has 0 amide bonds. The van der Waals surface area contributed by atoms with Crippen LogP contribution in [0.2, 0.25) is 0 Å². The molecule has 0 unspecified atom stereocenters. The Hall–Kier alpha value is -1.63. The van der Waals surface area contributed by atoms with Crippen LogP contribution in [0.5, 0.6) is 0 Å². The monoisotopic (exact) mass is 292 g/mol. The van der Waals surface area contributed by atoms with Crippen LogP contribution in [0.4, 0.5) is 0 Å². The van der Waals surface area contributed by atoms with Crippen molar-refractivity contribution in [2.24, 2.45) is 7.05 Å². The summed E-state index contributed by atoms with van der Waals surface area (Å²) in [7, 11) is 2.20. The summed E-state index contributed by atoms with van der Waals surface area (Å²) >= 11 is 0. The van der Waals surface area contributed by atoms with E-state index < -0.39 is 0 Å². The summed E-state index contributed by atoms with van der Waals surface area (Å²) in [6.07, 6.45) is 12.1. The number of fused-ring (bicyclic) bond motifs is 2. The van der Waals surface area contributed by atoms with Gasteiger partial charge in [-0.2, -0.15) is 0 Å². The number of benzene rings is 1. The van der Waals surface area contributed by atoms with Crippen LogP contribution >= 0.6 is 0 Å². The predicted octanol–water partition coefficient (Wildman–Crippen LogP) is 4.63. The molecule has 2 aliphatic carbocycles. The highest BCUT2D eigenvalue weighted by atomic mass is 14.9. The topological polar surface area (TPSA) is 3.88 Å². The third-order valence-electron chi connectivity index (χ3n) is 6.03. The number of nitrogens with zero attached hydrogens (tertiary/aromatic N) is 1. The average Bonchev–Trinajstić information content (AvgIpc) is 2.86. The highest BCUT2D eigenvalue weighted by molar-refractivity contribution is 5.62. The molecular weight excluding hydrogens is 266 g/mol. The standard InChI is InChI=1S/C21H26N/c1-16-8-4-5-9-18(16)20-14-19-17(15-22(20)2)10-13-21(19)11-6-3-7-12-21/h4-5,8-9,14-15H,3,6-7,10-13H2,1-2H3/q+1. The van der Waals surface area contributed by atoms with E-state index in [1.54, 1.807) is 11.1 Å². The van der Waals surface area contributed by atoms with Crippen molar-refractivity contribution in [2.45, 2.75) is 57.3 Å². The summed E-state index contributed by atoms with van der Waals surface area (Å²) in [6, 6.07) is 11.3. The van der Waals surface area contributed by atoms with E-state index in [1.807, 2.05) is 0 Å². The molecule has 0 bridgehead atoms. The number of hydrogen-bond acceptors (Lipinski definition) is 0. The fourth-order valence-corrected chi connectivity index (χ4v) is 4.78. The molecule has 22 heavy (non-hydrogen) atoms. The van der Waals surface area contributed by atoms with Gasteiger partial charge in [-0.3, -0.25) is 0 Å². The van der Waals surface area contributed by atoms with Crippen molar-refractivity contribution in [3.8, 4) is 11.3 Å². The lowest BCUT2D eigenvalue weighted by Gasteiger charge is -2.34. The Morgan fingerprint density at radius 2 is 1.77 bits per heavy atom. The molecule has 1 heteroatoms. The summed E-state index contributed by atoms with van der Waals surface area (Å²) in [5, 5.41) is 0. The van der Waals surface area contributed by atoms with Crippen molar-refractivity contribution < 1.29 is 4.57 Å². The van der Waals surface area contributed by atoms with Gasteiger partial charge >= 0.3 is 0 Å². The third-order valence-corrected chi connectivity index (χ3v) is 6.03. The SMILES string of the molecule is Cc1ccccc1-c1cc2c(c[n+]1C)CCC21CCCCC1. The van der Waals surface area contributed by atoms with Gasteiger partial charge in [-0.1, -0.05) is 37.5 Å². The largest absolute Gasteiger partial charge is 0.212 e. The minimum Gasteiger partial charge on any atom is -0.201 e. The van der Waals surface area contributed by atoms with Crippen LogP contribution in [-0.2, 0) is 18.9 Å². The summed E-state index contributed by atoms with van der Waals surface area (Å²) < 4.78 is 2.34. The molecule has 0 atom stereocenters. The molecule has 0 saturated heterocycles. The fraction of sp³-hybridized carbons (Fsp3) is 0.476. The Morgan fingerprint density at radius 1 is 1.00 bits per heavy atom. The number of hydrogen-bond donors (Lipinski definition) is 0. The van der Waals surface area contributed by atoms with Crippen LogP contribution in [0.15, 0.2) is 36.5 Å². The Balaban J connectivity index is 1.86. The van der Waals surface area contributed by atoms with E-state index in [4.69, 9.17) is 0 Å². The molecule has 0 N–H and O–H groups in total. The van der Waals surface area contributed by atoms with E-state index in [9.17, 15) is 0 Å². The summed E-state index contributed by atoms with van der Waals surface area (Å²) in [5.74, 6) is 0. The molecule has 1 fully saturated rings. The summed E-state index contributed by atoms with van der Waals surface area (Å²) in [5.41, 5.74) is 7.90. The molecular formula is C21H26N+. The molecule has 1 aromatic carbocycles. The fourth-order valence-electron chi connectivity index (χ4n) is 4.78. The second-order valence-electron chi connectivity index (χ2n) is 7.36. The smallest absolute Gasteiger partial charge is 0.201 e. The Labute approximate surface area is 134 Å². The maximum atomic E-state index is 2.52. The van der Waals surface area contributed by atoms with Gasteiger partial charge < -0.3 is 0 Å². The van der Waals surface area contributed by atoms with Crippen molar-refractivity contribution in [1.29, 1.82) is 0 Å². The third kappa shape index (κ3) is 2.10. The van der Waals surface area contributed by atoms with E-state index in [0.717, 1.165) is 0 Å². The molecule has 4 rings (SSSR count). The number of aryl methyl sites for hydroxylation is 3. The summed E-state index contributed by atoms with van der Waals surface area (Å²) in [4.78, 5) is 0. The van der Waals surface area contributed by atoms with Gasteiger partial charge in [0.15, 0.2) is 6.20 Å². The number of rotatable bonds is 1.